The van der Waals surface area contributed by atoms with Crippen molar-refractivity contribution in [1.82, 2.24) is 16.3 Å². The Bertz CT molecular complexity index is 840. The summed E-state index contributed by atoms with van der Waals surface area (Å²) in [6, 6.07) is 12.0. The van der Waals surface area contributed by atoms with Crippen LogP contribution in [0.4, 0.5) is 0 Å². The van der Waals surface area contributed by atoms with Crippen LogP contribution in [0.25, 0.3) is 0 Å². The average Bonchev–Trinajstić information content (AvgIpc) is 3.19. The molecule has 0 aliphatic carbocycles. The molecule has 1 amide bonds. The van der Waals surface area contributed by atoms with Crippen molar-refractivity contribution in [2.24, 2.45) is 5.10 Å². The highest BCUT2D eigenvalue weighted by Gasteiger charge is 2.31. The van der Waals surface area contributed by atoms with Crippen LogP contribution in [-0.4, -0.2) is 37.5 Å². The Labute approximate surface area is 157 Å². The number of phenolic OH excluding ortho intramolecular Hbond substituents is 1. The number of amides is 1. The number of carbonyl (C=O) groups excluding carboxylic acids is 1. The molecular formula is C19H22N4O4. The van der Waals surface area contributed by atoms with Crippen molar-refractivity contribution in [2.45, 2.75) is 18.5 Å². The summed E-state index contributed by atoms with van der Waals surface area (Å²) < 4.78 is 10.4. The summed E-state index contributed by atoms with van der Waals surface area (Å²) in [5.41, 5.74) is 10.3. The van der Waals surface area contributed by atoms with Crippen LogP contribution in [0.3, 0.4) is 0 Å². The van der Waals surface area contributed by atoms with E-state index in [1.807, 2.05) is 24.3 Å². The molecule has 1 heterocycles. The quantitative estimate of drug-likeness (QED) is 0.453. The number of nitrogens with zero attached hydrogens (tertiary/aromatic N) is 1. The Balaban J connectivity index is 1.58. The number of hydrazone groups is 1. The third-order valence-electron chi connectivity index (χ3n) is 4.33. The van der Waals surface area contributed by atoms with Crippen molar-refractivity contribution < 1.29 is 19.4 Å². The molecule has 2 atom stereocenters. The molecule has 8 nitrogen and oxygen atoms in total. The molecule has 27 heavy (non-hydrogen) atoms. The van der Waals surface area contributed by atoms with E-state index in [2.05, 4.69) is 21.4 Å². The fourth-order valence-electron chi connectivity index (χ4n) is 2.91. The number of hydrogen-bond donors (Lipinski definition) is 4. The molecule has 1 fully saturated rings. The third-order valence-corrected chi connectivity index (χ3v) is 4.33. The van der Waals surface area contributed by atoms with Gasteiger partial charge in [-0.3, -0.25) is 4.79 Å². The molecule has 0 bridgehead atoms. The van der Waals surface area contributed by atoms with Crippen LogP contribution in [0.1, 0.15) is 23.6 Å². The van der Waals surface area contributed by atoms with Crippen molar-refractivity contribution >= 4 is 12.1 Å². The van der Waals surface area contributed by atoms with E-state index >= 15 is 0 Å². The van der Waals surface area contributed by atoms with Gasteiger partial charge in [0.25, 0.3) is 5.91 Å². The van der Waals surface area contributed by atoms with Crippen molar-refractivity contribution in [3.05, 3.63) is 53.6 Å². The minimum atomic E-state index is -0.425. The Morgan fingerprint density at radius 1 is 1.19 bits per heavy atom. The number of phenols is 1. The molecule has 8 heteroatoms. The molecule has 0 radical (unpaired) electrons. The maximum atomic E-state index is 12.3. The van der Waals surface area contributed by atoms with Gasteiger partial charge in [-0.1, -0.05) is 18.2 Å². The van der Waals surface area contributed by atoms with Crippen LogP contribution in [-0.2, 0) is 4.79 Å². The van der Waals surface area contributed by atoms with E-state index in [-0.39, 0.29) is 17.7 Å². The number of aromatic hydroxyl groups is 1. The molecule has 3 rings (SSSR count). The molecule has 0 saturated carbocycles. The molecule has 1 aliphatic heterocycles. The van der Waals surface area contributed by atoms with Gasteiger partial charge in [-0.05, 0) is 36.2 Å². The molecule has 0 aromatic heterocycles. The van der Waals surface area contributed by atoms with Crippen molar-refractivity contribution in [3.63, 3.8) is 0 Å². The van der Waals surface area contributed by atoms with Gasteiger partial charge in [0.05, 0.1) is 26.5 Å². The number of ether oxygens (including phenoxy) is 2. The first-order chi connectivity index (χ1) is 13.1. The molecule has 142 valence electrons. The monoisotopic (exact) mass is 370 g/mol. The Kier molecular flexibility index (Phi) is 5.90. The van der Waals surface area contributed by atoms with Gasteiger partial charge in [0.15, 0.2) is 11.5 Å². The zero-order valence-electron chi connectivity index (χ0n) is 15.1. The fourth-order valence-corrected chi connectivity index (χ4v) is 2.91. The normalized spacial score (nSPS) is 19.2. The van der Waals surface area contributed by atoms with Gasteiger partial charge in [-0.15, -0.1) is 0 Å². The number of hydrazine groups is 1. The minimum absolute atomic E-state index is 0.0396. The summed E-state index contributed by atoms with van der Waals surface area (Å²) in [4.78, 5) is 12.3. The topological polar surface area (TPSA) is 104 Å². The first-order valence-electron chi connectivity index (χ1n) is 8.46. The van der Waals surface area contributed by atoms with E-state index in [4.69, 9.17) is 9.47 Å². The number of methoxy groups -OCH3 is 2. The van der Waals surface area contributed by atoms with E-state index in [1.54, 1.807) is 19.2 Å². The molecule has 0 spiro atoms. The van der Waals surface area contributed by atoms with Gasteiger partial charge in [-0.2, -0.15) is 5.10 Å². The van der Waals surface area contributed by atoms with Gasteiger partial charge >= 0.3 is 0 Å². The van der Waals surface area contributed by atoms with Crippen LogP contribution >= 0.6 is 0 Å². The summed E-state index contributed by atoms with van der Waals surface area (Å²) in [5, 5.41) is 13.6. The highest BCUT2D eigenvalue weighted by atomic mass is 16.5. The van der Waals surface area contributed by atoms with Crippen LogP contribution in [0, 0.1) is 0 Å². The Morgan fingerprint density at radius 2 is 1.96 bits per heavy atom. The second-order valence-electron chi connectivity index (χ2n) is 6.04. The number of benzene rings is 2. The van der Waals surface area contributed by atoms with Crippen LogP contribution in [0.5, 0.6) is 17.2 Å². The van der Waals surface area contributed by atoms with Crippen molar-refractivity contribution in [3.8, 4) is 17.2 Å². The Hall–Kier alpha value is -3.10. The lowest BCUT2D eigenvalue weighted by Gasteiger charge is -2.13. The second kappa shape index (κ2) is 8.52. The number of nitrogens with one attached hydrogen (secondary N) is 3. The molecule has 4 N–H and O–H groups in total. The van der Waals surface area contributed by atoms with E-state index in [0.29, 0.717) is 17.7 Å². The standard InChI is InChI=1S/C19H22N4O4/c1-26-17-6-4-3-5-13(17)14-10-15(22-21-14)19(25)23-20-11-12-7-8-16(24)18(9-12)27-2/h3-9,11,14-15,21-22,24H,10H2,1-2H3,(H,23,25)/b20-11+. The largest absolute Gasteiger partial charge is 0.504 e. The molecular weight excluding hydrogens is 348 g/mol. The lowest BCUT2D eigenvalue weighted by atomic mass is 10.0. The smallest absolute Gasteiger partial charge is 0.258 e. The zero-order chi connectivity index (χ0) is 19.2. The maximum absolute atomic E-state index is 12.3. The number of para-hydroxylation sites is 1. The zero-order valence-corrected chi connectivity index (χ0v) is 15.1. The summed E-state index contributed by atoms with van der Waals surface area (Å²) >= 11 is 0. The summed E-state index contributed by atoms with van der Waals surface area (Å²) in [7, 11) is 3.09. The maximum Gasteiger partial charge on any atom is 0.258 e. The van der Waals surface area contributed by atoms with E-state index in [9.17, 15) is 9.90 Å². The predicted molar refractivity (Wildman–Crippen MR) is 101 cm³/mol. The molecule has 1 saturated heterocycles. The summed E-state index contributed by atoms with van der Waals surface area (Å²) in [6.07, 6.45) is 2.05. The fraction of sp³-hybridized carbons (Fsp3) is 0.263. The summed E-state index contributed by atoms with van der Waals surface area (Å²) in [6.45, 7) is 0. The van der Waals surface area contributed by atoms with Crippen LogP contribution in [0.15, 0.2) is 47.6 Å². The Morgan fingerprint density at radius 3 is 2.74 bits per heavy atom. The van der Waals surface area contributed by atoms with Crippen molar-refractivity contribution in [1.29, 1.82) is 0 Å². The van der Waals surface area contributed by atoms with Gasteiger partial charge in [0, 0.05) is 5.56 Å². The first kappa shape index (κ1) is 18.7. The lowest BCUT2D eigenvalue weighted by molar-refractivity contribution is -0.122. The van der Waals surface area contributed by atoms with Gasteiger partial charge < -0.3 is 14.6 Å². The number of carbonyl (C=O) groups is 1. The van der Waals surface area contributed by atoms with Crippen LogP contribution < -0.4 is 25.8 Å². The summed E-state index contributed by atoms with van der Waals surface area (Å²) in [5.74, 6) is 0.910. The molecule has 2 aromatic carbocycles. The predicted octanol–water partition coefficient (Wildman–Crippen LogP) is 1.47. The van der Waals surface area contributed by atoms with Crippen molar-refractivity contribution in [2.75, 3.05) is 14.2 Å². The lowest BCUT2D eigenvalue weighted by Crippen LogP contribution is -2.41. The van der Waals surface area contributed by atoms with Crippen LogP contribution in [0.2, 0.25) is 0 Å². The van der Waals surface area contributed by atoms with E-state index in [0.717, 1.165) is 11.3 Å². The first-order valence-corrected chi connectivity index (χ1v) is 8.46. The van der Waals surface area contributed by atoms with Gasteiger partial charge in [-0.25, -0.2) is 16.3 Å². The van der Waals surface area contributed by atoms with E-state index < -0.39 is 6.04 Å². The highest BCUT2D eigenvalue weighted by molar-refractivity contribution is 5.85. The average molecular weight is 370 g/mol. The third kappa shape index (κ3) is 4.36. The molecule has 1 aliphatic rings. The highest BCUT2D eigenvalue weighted by Crippen LogP contribution is 2.30. The molecule has 2 unspecified atom stereocenters. The number of hydrogen-bond acceptors (Lipinski definition) is 7. The SMILES string of the molecule is COc1cc(/C=N/NC(=O)C2CC(c3ccccc3OC)NN2)ccc1O. The molecule has 2 aromatic rings. The second-order valence-corrected chi connectivity index (χ2v) is 6.04. The van der Waals surface area contributed by atoms with E-state index in [1.165, 1.54) is 19.4 Å². The van der Waals surface area contributed by atoms with Gasteiger partial charge in [0.1, 0.15) is 11.8 Å². The van der Waals surface area contributed by atoms with Gasteiger partial charge in [0.2, 0.25) is 0 Å². The number of rotatable bonds is 6. The minimum Gasteiger partial charge on any atom is -0.504 e.